The van der Waals surface area contributed by atoms with Gasteiger partial charge in [0.15, 0.2) is 0 Å². The Morgan fingerprint density at radius 3 is 2.94 bits per heavy atom. The number of aliphatic carboxylic acids is 1. The lowest BCUT2D eigenvalue weighted by Gasteiger charge is -2.30. The zero-order valence-corrected chi connectivity index (χ0v) is 9.85. The van der Waals surface area contributed by atoms with Gasteiger partial charge in [0.05, 0.1) is 13.0 Å². The molecule has 1 aromatic rings. The molecule has 4 nitrogen and oxygen atoms in total. The van der Waals surface area contributed by atoms with Crippen LogP contribution >= 0.6 is 0 Å². The molecule has 1 heterocycles. The topological polar surface area (TPSA) is 58.6 Å². The first-order chi connectivity index (χ1) is 8.24. The first-order valence-electron chi connectivity index (χ1n) is 5.80. The Hall–Kier alpha value is -1.55. The van der Waals surface area contributed by atoms with E-state index in [9.17, 15) is 9.90 Å². The molecule has 17 heavy (non-hydrogen) atoms. The summed E-state index contributed by atoms with van der Waals surface area (Å²) >= 11 is 0. The fourth-order valence-corrected chi connectivity index (χ4v) is 2.46. The molecule has 0 amide bonds. The van der Waals surface area contributed by atoms with E-state index in [1.54, 1.807) is 7.11 Å². The normalized spacial score (nSPS) is 24.3. The molecular formula is C13H17NO3. The highest BCUT2D eigenvalue weighted by Crippen LogP contribution is 2.35. The summed E-state index contributed by atoms with van der Waals surface area (Å²) in [5.41, 5.74) is 1.00. The lowest BCUT2D eigenvalue weighted by molar-refractivity contribution is -0.142. The summed E-state index contributed by atoms with van der Waals surface area (Å²) in [5, 5.41) is 12.4. The van der Waals surface area contributed by atoms with E-state index in [4.69, 9.17) is 4.74 Å². The zero-order chi connectivity index (χ0) is 12.3. The van der Waals surface area contributed by atoms with E-state index in [0.29, 0.717) is 6.54 Å². The van der Waals surface area contributed by atoms with Gasteiger partial charge < -0.3 is 15.2 Å². The van der Waals surface area contributed by atoms with Gasteiger partial charge >= 0.3 is 5.97 Å². The quantitative estimate of drug-likeness (QED) is 0.833. The van der Waals surface area contributed by atoms with Gasteiger partial charge in [-0.2, -0.15) is 0 Å². The summed E-state index contributed by atoms with van der Waals surface area (Å²) in [6, 6.07) is 7.68. The fourth-order valence-electron chi connectivity index (χ4n) is 2.46. The van der Waals surface area contributed by atoms with Crippen LogP contribution in [-0.4, -0.2) is 31.3 Å². The number of ether oxygens (including phenoxy) is 1. The smallest absolute Gasteiger partial charge is 0.308 e. The monoisotopic (exact) mass is 235 g/mol. The summed E-state index contributed by atoms with van der Waals surface area (Å²) in [5.74, 6) is -0.302. The predicted molar refractivity (Wildman–Crippen MR) is 64.3 cm³/mol. The van der Waals surface area contributed by atoms with Gasteiger partial charge in [-0.05, 0) is 24.6 Å². The highest BCUT2D eigenvalue weighted by atomic mass is 16.5. The van der Waals surface area contributed by atoms with E-state index in [1.807, 2.05) is 24.3 Å². The van der Waals surface area contributed by atoms with Crippen LogP contribution in [0.1, 0.15) is 17.9 Å². The molecule has 2 unspecified atom stereocenters. The minimum absolute atomic E-state index is 0.0323. The van der Waals surface area contributed by atoms with E-state index in [2.05, 4.69) is 5.32 Å². The number of carboxylic acids is 1. The summed E-state index contributed by atoms with van der Waals surface area (Å²) < 4.78 is 5.31. The van der Waals surface area contributed by atoms with Crippen LogP contribution in [0, 0.1) is 5.92 Å². The second-order valence-electron chi connectivity index (χ2n) is 4.29. The van der Waals surface area contributed by atoms with Crippen LogP contribution in [0.3, 0.4) is 0 Å². The molecule has 1 aromatic carbocycles. The van der Waals surface area contributed by atoms with Crippen molar-refractivity contribution in [3.8, 4) is 5.75 Å². The maximum absolute atomic E-state index is 11.3. The van der Waals surface area contributed by atoms with Crippen LogP contribution in [0.25, 0.3) is 0 Å². The molecule has 1 fully saturated rings. The third-order valence-electron chi connectivity index (χ3n) is 3.34. The maximum Gasteiger partial charge on any atom is 0.308 e. The van der Waals surface area contributed by atoms with E-state index in [1.165, 1.54) is 0 Å². The van der Waals surface area contributed by atoms with Crippen molar-refractivity contribution < 1.29 is 14.6 Å². The van der Waals surface area contributed by atoms with E-state index < -0.39 is 5.97 Å². The Morgan fingerprint density at radius 1 is 1.47 bits per heavy atom. The highest BCUT2D eigenvalue weighted by Gasteiger charge is 2.33. The zero-order valence-electron chi connectivity index (χ0n) is 9.85. The first-order valence-corrected chi connectivity index (χ1v) is 5.80. The number of methoxy groups -OCH3 is 1. The first kappa shape index (κ1) is 11.9. The molecule has 2 rings (SSSR count). The number of hydrogen-bond donors (Lipinski definition) is 2. The van der Waals surface area contributed by atoms with Gasteiger partial charge in [0.2, 0.25) is 0 Å². The molecule has 1 aliphatic heterocycles. The number of rotatable bonds is 3. The van der Waals surface area contributed by atoms with Crippen molar-refractivity contribution in [3.63, 3.8) is 0 Å². The van der Waals surface area contributed by atoms with E-state index in [0.717, 1.165) is 24.3 Å². The van der Waals surface area contributed by atoms with Crippen LogP contribution in [0.4, 0.5) is 0 Å². The molecule has 0 aliphatic carbocycles. The maximum atomic E-state index is 11.3. The SMILES string of the molecule is COc1ccccc1C1CCNCC1C(=O)O. The Morgan fingerprint density at radius 2 is 2.24 bits per heavy atom. The van der Waals surface area contributed by atoms with Crippen molar-refractivity contribution in [2.75, 3.05) is 20.2 Å². The minimum atomic E-state index is -0.742. The van der Waals surface area contributed by atoms with Gasteiger partial charge in [0, 0.05) is 12.5 Å². The summed E-state index contributed by atoms with van der Waals surface area (Å²) in [6.07, 6.45) is 0.831. The van der Waals surface area contributed by atoms with Gasteiger partial charge in [-0.15, -0.1) is 0 Å². The lowest BCUT2D eigenvalue weighted by atomic mass is 9.81. The van der Waals surface area contributed by atoms with Gasteiger partial charge in [-0.25, -0.2) is 0 Å². The molecular weight excluding hydrogens is 218 g/mol. The van der Waals surface area contributed by atoms with Crippen molar-refractivity contribution in [2.45, 2.75) is 12.3 Å². The number of piperidine rings is 1. The highest BCUT2D eigenvalue weighted by molar-refractivity contribution is 5.72. The number of hydrogen-bond acceptors (Lipinski definition) is 3. The number of benzene rings is 1. The second kappa shape index (κ2) is 5.19. The molecule has 0 radical (unpaired) electrons. The Bertz CT molecular complexity index is 405. The van der Waals surface area contributed by atoms with E-state index >= 15 is 0 Å². The Balaban J connectivity index is 2.32. The molecule has 92 valence electrons. The average Bonchev–Trinajstić information content (AvgIpc) is 2.38. The molecule has 4 heteroatoms. The van der Waals surface area contributed by atoms with Crippen molar-refractivity contribution >= 4 is 5.97 Å². The summed E-state index contributed by atoms with van der Waals surface area (Å²) in [6.45, 7) is 1.38. The third kappa shape index (κ3) is 2.42. The molecule has 0 saturated carbocycles. The number of nitrogens with one attached hydrogen (secondary N) is 1. The number of carbonyl (C=O) groups is 1. The van der Waals surface area contributed by atoms with Gasteiger partial charge in [0.1, 0.15) is 5.75 Å². The largest absolute Gasteiger partial charge is 0.496 e. The summed E-state index contributed by atoms with van der Waals surface area (Å²) in [7, 11) is 1.62. The van der Waals surface area contributed by atoms with Crippen LogP contribution < -0.4 is 10.1 Å². The van der Waals surface area contributed by atoms with Gasteiger partial charge in [0.25, 0.3) is 0 Å². The van der Waals surface area contributed by atoms with Crippen LogP contribution in [0.5, 0.6) is 5.75 Å². The van der Waals surface area contributed by atoms with Crippen molar-refractivity contribution in [3.05, 3.63) is 29.8 Å². The van der Waals surface area contributed by atoms with Crippen LogP contribution in [0.2, 0.25) is 0 Å². The average molecular weight is 235 g/mol. The number of para-hydroxylation sites is 1. The molecule has 0 aromatic heterocycles. The second-order valence-corrected chi connectivity index (χ2v) is 4.29. The Labute approximate surface area is 101 Å². The predicted octanol–water partition coefficient (Wildman–Crippen LogP) is 1.47. The number of carboxylic acid groups (broad SMARTS) is 1. The molecule has 0 spiro atoms. The fraction of sp³-hybridized carbons (Fsp3) is 0.462. The molecule has 2 atom stereocenters. The third-order valence-corrected chi connectivity index (χ3v) is 3.34. The van der Waals surface area contributed by atoms with E-state index in [-0.39, 0.29) is 11.8 Å². The van der Waals surface area contributed by atoms with Gasteiger partial charge in [-0.1, -0.05) is 18.2 Å². The van der Waals surface area contributed by atoms with Gasteiger partial charge in [-0.3, -0.25) is 4.79 Å². The van der Waals surface area contributed by atoms with Crippen molar-refractivity contribution in [1.29, 1.82) is 0 Å². The van der Waals surface area contributed by atoms with Crippen LogP contribution in [-0.2, 0) is 4.79 Å². The molecule has 1 aliphatic rings. The lowest BCUT2D eigenvalue weighted by Crippen LogP contribution is -2.39. The minimum Gasteiger partial charge on any atom is -0.496 e. The van der Waals surface area contributed by atoms with Crippen molar-refractivity contribution in [2.24, 2.45) is 5.92 Å². The molecule has 1 saturated heterocycles. The van der Waals surface area contributed by atoms with Crippen molar-refractivity contribution in [1.82, 2.24) is 5.32 Å². The summed E-state index contributed by atoms with van der Waals surface area (Å²) in [4.78, 5) is 11.3. The van der Waals surface area contributed by atoms with Crippen LogP contribution in [0.15, 0.2) is 24.3 Å². The molecule has 2 N–H and O–H groups in total. The molecule has 0 bridgehead atoms. The Kier molecular flexibility index (Phi) is 3.64. The standard InChI is InChI=1S/C13H17NO3/c1-17-12-5-3-2-4-10(12)9-6-7-14-8-11(9)13(15)16/h2-5,9,11,14H,6-8H2,1H3,(H,15,16).